The summed E-state index contributed by atoms with van der Waals surface area (Å²) in [4.78, 5) is 16.4. The molecule has 0 spiro atoms. The first-order chi connectivity index (χ1) is 12.1. The number of anilines is 2. The smallest absolute Gasteiger partial charge is 0.230 e. The van der Waals surface area contributed by atoms with Crippen LogP contribution < -0.4 is 16.7 Å². The van der Waals surface area contributed by atoms with Gasteiger partial charge in [0.2, 0.25) is 11.5 Å². The molecule has 1 amide bonds. The number of hydrogen-bond donors (Lipinski definition) is 3. The quantitative estimate of drug-likeness (QED) is 0.672. The number of rotatable bonds is 2. The normalized spacial score (nSPS) is 16.2. The van der Waals surface area contributed by atoms with Gasteiger partial charge in [0.15, 0.2) is 0 Å². The number of nitrogens with two attached hydrogens (primary N) is 1. The van der Waals surface area contributed by atoms with Gasteiger partial charge in [0, 0.05) is 17.9 Å². The molecule has 0 saturated heterocycles. The molecule has 1 atom stereocenters. The van der Waals surface area contributed by atoms with Gasteiger partial charge in [-0.25, -0.2) is 0 Å². The molecule has 4 N–H and O–H groups in total. The zero-order valence-electron chi connectivity index (χ0n) is 13.4. The van der Waals surface area contributed by atoms with Crippen molar-refractivity contribution < 1.29 is 4.79 Å². The Labute approximate surface area is 144 Å². The SMILES string of the molecule is N=c1nc2c(c(N)n1-c1ccccc1)C(c1ccccc1)CC(=O)N2. The standard InChI is InChI=1S/C19H17N5O/c20-17-16-14(12-7-3-1-4-8-12)11-15(25)22-18(16)23-19(21)24(17)13-9-5-2-6-10-13/h1-10,14H,11,20H2,(H2,21,22,23,25). The van der Waals surface area contributed by atoms with E-state index in [9.17, 15) is 4.79 Å². The van der Waals surface area contributed by atoms with E-state index in [0.29, 0.717) is 18.1 Å². The average Bonchev–Trinajstić information content (AvgIpc) is 2.62. The van der Waals surface area contributed by atoms with Crippen molar-refractivity contribution in [3.8, 4) is 5.69 Å². The fraction of sp³-hybridized carbons (Fsp3) is 0.105. The summed E-state index contributed by atoms with van der Waals surface area (Å²) in [5.41, 5.74) is 8.97. The summed E-state index contributed by atoms with van der Waals surface area (Å²) in [7, 11) is 0. The highest BCUT2D eigenvalue weighted by atomic mass is 16.1. The summed E-state index contributed by atoms with van der Waals surface area (Å²) >= 11 is 0. The number of amides is 1. The van der Waals surface area contributed by atoms with E-state index in [2.05, 4.69) is 10.3 Å². The van der Waals surface area contributed by atoms with E-state index in [0.717, 1.165) is 16.8 Å². The summed E-state index contributed by atoms with van der Waals surface area (Å²) in [6.07, 6.45) is 0.301. The Kier molecular flexibility index (Phi) is 3.57. The predicted octanol–water partition coefficient (Wildman–Crippen LogP) is 2.41. The average molecular weight is 331 g/mol. The lowest BCUT2D eigenvalue weighted by Crippen LogP contribution is -2.33. The molecule has 25 heavy (non-hydrogen) atoms. The van der Waals surface area contributed by atoms with E-state index in [4.69, 9.17) is 11.1 Å². The highest BCUT2D eigenvalue weighted by Crippen LogP contribution is 2.39. The highest BCUT2D eigenvalue weighted by molar-refractivity contribution is 5.95. The van der Waals surface area contributed by atoms with Gasteiger partial charge >= 0.3 is 0 Å². The van der Waals surface area contributed by atoms with Gasteiger partial charge in [0.05, 0.1) is 5.69 Å². The molecule has 0 saturated carbocycles. The maximum atomic E-state index is 12.1. The molecule has 1 aromatic heterocycles. The van der Waals surface area contributed by atoms with Crippen molar-refractivity contribution in [2.24, 2.45) is 0 Å². The molecule has 0 fully saturated rings. The molecule has 1 aliphatic heterocycles. The summed E-state index contributed by atoms with van der Waals surface area (Å²) in [5, 5.41) is 11.0. The van der Waals surface area contributed by atoms with E-state index in [1.165, 1.54) is 0 Å². The second-order valence-corrected chi connectivity index (χ2v) is 5.97. The number of fused-ring (bicyclic) bond motifs is 1. The Hall–Kier alpha value is -3.41. The minimum Gasteiger partial charge on any atom is -0.384 e. The molecule has 1 aliphatic rings. The second kappa shape index (κ2) is 5.90. The van der Waals surface area contributed by atoms with Crippen molar-refractivity contribution in [2.75, 3.05) is 11.1 Å². The van der Waals surface area contributed by atoms with Crippen LogP contribution in [0.4, 0.5) is 11.6 Å². The van der Waals surface area contributed by atoms with Crippen LogP contribution in [-0.4, -0.2) is 15.5 Å². The summed E-state index contributed by atoms with van der Waals surface area (Å²) in [6.45, 7) is 0. The van der Waals surface area contributed by atoms with Gasteiger partial charge < -0.3 is 11.1 Å². The summed E-state index contributed by atoms with van der Waals surface area (Å²) in [6, 6.07) is 19.2. The van der Waals surface area contributed by atoms with E-state index in [-0.39, 0.29) is 17.4 Å². The van der Waals surface area contributed by atoms with Crippen LogP contribution >= 0.6 is 0 Å². The number of hydrogen-bond acceptors (Lipinski definition) is 4. The lowest BCUT2D eigenvalue weighted by molar-refractivity contribution is -0.116. The first kappa shape index (κ1) is 15.1. The topological polar surface area (TPSA) is 96.8 Å². The summed E-state index contributed by atoms with van der Waals surface area (Å²) in [5.74, 6) is 0.493. The third kappa shape index (κ3) is 2.57. The van der Waals surface area contributed by atoms with Crippen molar-refractivity contribution >= 4 is 17.5 Å². The number of nitrogens with zero attached hydrogens (tertiary/aromatic N) is 2. The Bertz CT molecular complexity index is 996. The minimum absolute atomic E-state index is 0.0172. The van der Waals surface area contributed by atoms with Crippen molar-refractivity contribution in [2.45, 2.75) is 12.3 Å². The molecular formula is C19H17N5O. The van der Waals surface area contributed by atoms with Crippen LogP contribution in [0.1, 0.15) is 23.5 Å². The third-order valence-corrected chi connectivity index (χ3v) is 4.41. The summed E-state index contributed by atoms with van der Waals surface area (Å²) < 4.78 is 1.60. The van der Waals surface area contributed by atoms with Gasteiger partial charge in [-0.2, -0.15) is 4.98 Å². The van der Waals surface area contributed by atoms with Gasteiger partial charge in [-0.3, -0.25) is 14.8 Å². The van der Waals surface area contributed by atoms with Gasteiger partial charge in [-0.05, 0) is 17.7 Å². The number of aromatic nitrogens is 2. The molecule has 2 heterocycles. The maximum absolute atomic E-state index is 12.1. The molecule has 2 aromatic carbocycles. The Morgan fingerprint density at radius 1 is 1.08 bits per heavy atom. The molecule has 0 radical (unpaired) electrons. The Morgan fingerprint density at radius 3 is 2.40 bits per heavy atom. The molecule has 4 rings (SSSR count). The lowest BCUT2D eigenvalue weighted by atomic mass is 9.86. The van der Waals surface area contributed by atoms with E-state index in [1.807, 2.05) is 60.7 Å². The van der Waals surface area contributed by atoms with Crippen LogP contribution in [0.5, 0.6) is 0 Å². The number of carbonyl (C=O) groups is 1. The highest BCUT2D eigenvalue weighted by Gasteiger charge is 2.31. The van der Waals surface area contributed by atoms with Crippen molar-refractivity contribution in [1.29, 1.82) is 5.41 Å². The largest absolute Gasteiger partial charge is 0.384 e. The first-order valence-electron chi connectivity index (χ1n) is 8.02. The zero-order valence-corrected chi connectivity index (χ0v) is 13.4. The minimum atomic E-state index is -0.187. The fourth-order valence-corrected chi connectivity index (χ4v) is 3.29. The predicted molar refractivity (Wildman–Crippen MR) is 95.4 cm³/mol. The van der Waals surface area contributed by atoms with E-state index < -0.39 is 0 Å². The maximum Gasteiger partial charge on any atom is 0.230 e. The van der Waals surface area contributed by atoms with Crippen LogP contribution in [0.2, 0.25) is 0 Å². The molecule has 3 aromatic rings. The van der Waals surface area contributed by atoms with Crippen molar-refractivity contribution in [3.05, 3.63) is 77.4 Å². The van der Waals surface area contributed by atoms with Crippen molar-refractivity contribution in [3.63, 3.8) is 0 Å². The van der Waals surface area contributed by atoms with Gasteiger partial charge in [0.1, 0.15) is 11.6 Å². The number of para-hydroxylation sites is 1. The van der Waals surface area contributed by atoms with Crippen LogP contribution in [0.25, 0.3) is 5.69 Å². The molecular weight excluding hydrogens is 314 g/mol. The van der Waals surface area contributed by atoms with E-state index >= 15 is 0 Å². The van der Waals surface area contributed by atoms with Crippen LogP contribution in [-0.2, 0) is 4.79 Å². The van der Waals surface area contributed by atoms with Gasteiger partial charge in [-0.1, -0.05) is 48.5 Å². The van der Waals surface area contributed by atoms with Crippen LogP contribution in [0.3, 0.4) is 0 Å². The van der Waals surface area contributed by atoms with Gasteiger partial charge in [-0.15, -0.1) is 0 Å². The van der Waals surface area contributed by atoms with Crippen molar-refractivity contribution in [1.82, 2.24) is 9.55 Å². The fourth-order valence-electron chi connectivity index (χ4n) is 3.29. The third-order valence-electron chi connectivity index (χ3n) is 4.41. The van der Waals surface area contributed by atoms with Crippen LogP contribution in [0, 0.1) is 5.41 Å². The molecule has 6 heteroatoms. The monoisotopic (exact) mass is 331 g/mol. The number of nitrogen functional groups attached to an aromatic ring is 1. The second-order valence-electron chi connectivity index (χ2n) is 5.97. The lowest BCUT2D eigenvalue weighted by Gasteiger charge is -2.28. The van der Waals surface area contributed by atoms with E-state index in [1.54, 1.807) is 4.57 Å². The molecule has 0 bridgehead atoms. The molecule has 1 unspecified atom stereocenters. The Balaban J connectivity index is 1.97. The first-order valence-corrected chi connectivity index (χ1v) is 8.02. The zero-order chi connectivity index (χ0) is 17.4. The Morgan fingerprint density at radius 2 is 1.72 bits per heavy atom. The molecule has 6 nitrogen and oxygen atoms in total. The molecule has 124 valence electrons. The number of carbonyl (C=O) groups excluding carboxylic acids is 1. The molecule has 0 aliphatic carbocycles. The number of nitrogens with one attached hydrogen (secondary N) is 2. The van der Waals surface area contributed by atoms with Gasteiger partial charge in [0.25, 0.3) is 0 Å². The number of benzene rings is 2. The van der Waals surface area contributed by atoms with Crippen LogP contribution in [0.15, 0.2) is 60.7 Å².